The average molecular weight is 236 g/mol. The van der Waals surface area contributed by atoms with Crippen molar-refractivity contribution in [2.24, 2.45) is 5.73 Å². The van der Waals surface area contributed by atoms with Crippen molar-refractivity contribution in [3.8, 4) is 0 Å². The third-order valence-corrected chi connectivity index (χ3v) is 3.14. The molecule has 0 saturated carbocycles. The average Bonchev–Trinajstić information content (AvgIpc) is 2.36. The van der Waals surface area contributed by atoms with Crippen LogP contribution in [0.25, 0.3) is 21.8 Å². The largest absolute Gasteiger partial charge is 0.366 e. The van der Waals surface area contributed by atoms with E-state index in [0.717, 1.165) is 21.9 Å². The number of pyridine rings is 1. The lowest BCUT2D eigenvalue weighted by Crippen LogP contribution is -2.11. The summed E-state index contributed by atoms with van der Waals surface area (Å²) in [6.07, 6.45) is 0. The molecule has 88 valence electrons. The molecule has 0 unspecified atom stereocenters. The van der Waals surface area contributed by atoms with Crippen LogP contribution in [0.3, 0.4) is 0 Å². The summed E-state index contributed by atoms with van der Waals surface area (Å²) >= 11 is 0. The van der Waals surface area contributed by atoms with Gasteiger partial charge in [-0.25, -0.2) is 4.98 Å². The molecule has 1 aromatic heterocycles. The number of aromatic nitrogens is 1. The highest BCUT2D eigenvalue weighted by atomic mass is 16.1. The Hall–Kier alpha value is -2.42. The van der Waals surface area contributed by atoms with Gasteiger partial charge in [-0.3, -0.25) is 4.79 Å². The lowest BCUT2D eigenvalue weighted by molar-refractivity contribution is 0.100. The van der Waals surface area contributed by atoms with Gasteiger partial charge in [-0.1, -0.05) is 30.3 Å². The summed E-state index contributed by atoms with van der Waals surface area (Å²) in [5.74, 6) is -0.443. The van der Waals surface area contributed by atoms with Crippen molar-refractivity contribution in [2.45, 2.75) is 6.92 Å². The first-order valence-electron chi connectivity index (χ1n) is 5.76. The fraction of sp³-hybridized carbons (Fsp3) is 0.0667. The molecule has 18 heavy (non-hydrogen) atoms. The normalized spacial score (nSPS) is 10.9. The van der Waals surface area contributed by atoms with Crippen LogP contribution in [0.15, 0.2) is 42.5 Å². The summed E-state index contributed by atoms with van der Waals surface area (Å²) in [7, 11) is 0. The fourth-order valence-corrected chi connectivity index (χ4v) is 2.23. The summed E-state index contributed by atoms with van der Waals surface area (Å²) in [5.41, 5.74) is 8.53. The van der Waals surface area contributed by atoms with Crippen molar-refractivity contribution in [3.05, 3.63) is 53.6 Å². The number of para-hydroxylation sites is 2. The van der Waals surface area contributed by atoms with E-state index in [0.29, 0.717) is 11.1 Å². The Balaban J connectivity index is 2.50. The molecule has 0 spiro atoms. The third kappa shape index (κ3) is 1.52. The predicted molar refractivity (Wildman–Crippen MR) is 72.5 cm³/mol. The van der Waals surface area contributed by atoms with E-state index in [1.54, 1.807) is 6.07 Å². The predicted octanol–water partition coefficient (Wildman–Crippen LogP) is 2.80. The molecular weight excluding hydrogens is 224 g/mol. The maximum atomic E-state index is 11.4. The number of primary amides is 1. The van der Waals surface area contributed by atoms with E-state index < -0.39 is 5.91 Å². The van der Waals surface area contributed by atoms with E-state index in [4.69, 9.17) is 5.73 Å². The summed E-state index contributed by atoms with van der Waals surface area (Å²) in [5, 5.41) is 2.01. The summed E-state index contributed by atoms with van der Waals surface area (Å²) < 4.78 is 0. The molecular formula is C15H12N2O. The van der Waals surface area contributed by atoms with Crippen LogP contribution in [0.2, 0.25) is 0 Å². The van der Waals surface area contributed by atoms with Crippen LogP contribution >= 0.6 is 0 Å². The van der Waals surface area contributed by atoms with Crippen molar-refractivity contribution in [3.63, 3.8) is 0 Å². The molecule has 0 saturated heterocycles. The number of hydrogen-bond donors (Lipinski definition) is 1. The molecule has 3 nitrogen and oxygen atoms in total. The highest BCUT2D eigenvalue weighted by molar-refractivity contribution is 6.07. The van der Waals surface area contributed by atoms with Gasteiger partial charge in [0.05, 0.1) is 16.6 Å². The molecule has 1 amide bonds. The highest BCUT2D eigenvalue weighted by Crippen LogP contribution is 2.24. The van der Waals surface area contributed by atoms with Crippen molar-refractivity contribution in [1.29, 1.82) is 0 Å². The van der Waals surface area contributed by atoms with Gasteiger partial charge < -0.3 is 5.73 Å². The van der Waals surface area contributed by atoms with Crippen LogP contribution in [-0.4, -0.2) is 10.9 Å². The van der Waals surface area contributed by atoms with Gasteiger partial charge >= 0.3 is 0 Å². The van der Waals surface area contributed by atoms with Gasteiger partial charge in [0.15, 0.2) is 0 Å². The quantitative estimate of drug-likeness (QED) is 0.660. The molecule has 0 atom stereocenters. The number of aryl methyl sites for hydroxylation is 1. The number of nitrogens with zero attached hydrogens (tertiary/aromatic N) is 1. The fourth-order valence-electron chi connectivity index (χ4n) is 2.23. The van der Waals surface area contributed by atoms with Gasteiger partial charge in [0, 0.05) is 10.8 Å². The van der Waals surface area contributed by atoms with Crippen molar-refractivity contribution in [2.75, 3.05) is 0 Å². The molecule has 0 aliphatic carbocycles. The van der Waals surface area contributed by atoms with Gasteiger partial charge in [-0.15, -0.1) is 0 Å². The summed E-state index contributed by atoms with van der Waals surface area (Å²) in [4.78, 5) is 16.0. The number of hydrogen-bond acceptors (Lipinski definition) is 2. The number of fused-ring (bicyclic) bond motifs is 2. The van der Waals surface area contributed by atoms with Crippen LogP contribution in [0, 0.1) is 6.92 Å². The standard InChI is InChI=1S/C15H12N2O/c1-9-4-2-5-10-8-11-6-3-7-12(15(16)18)14(11)17-13(9)10/h2-8H,1H3,(H2,16,18). The molecule has 2 aromatic carbocycles. The van der Waals surface area contributed by atoms with Gasteiger partial charge in [0.1, 0.15) is 0 Å². The number of nitrogens with two attached hydrogens (primary N) is 1. The monoisotopic (exact) mass is 236 g/mol. The lowest BCUT2D eigenvalue weighted by Gasteiger charge is -2.06. The zero-order valence-electron chi connectivity index (χ0n) is 9.97. The van der Waals surface area contributed by atoms with Crippen LogP contribution < -0.4 is 5.73 Å². The first-order chi connectivity index (χ1) is 8.66. The maximum Gasteiger partial charge on any atom is 0.250 e. The van der Waals surface area contributed by atoms with Crippen LogP contribution in [0.5, 0.6) is 0 Å². The minimum Gasteiger partial charge on any atom is -0.366 e. The lowest BCUT2D eigenvalue weighted by atomic mass is 10.0. The Morgan fingerprint density at radius 3 is 2.44 bits per heavy atom. The molecule has 3 heteroatoms. The van der Waals surface area contributed by atoms with E-state index in [2.05, 4.69) is 4.98 Å². The van der Waals surface area contributed by atoms with Crippen molar-refractivity contribution < 1.29 is 4.79 Å². The number of benzene rings is 2. The van der Waals surface area contributed by atoms with Crippen LogP contribution in [-0.2, 0) is 0 Å². The van der Waals surface area contributed by atoms with E-state index in [1.165, 1.54) is 0 Å². The first kappa shape index (κ1) is 10.7. The Morgan fingerprint density at radius 1 is 1.06 bits per heavy atom. The molecule has 3 rings (SSSR count). The number of carbonyl (C=O) groups is 1. The molecule has 1 heterocycles. The van der Waals surface area contributed by atoms with Gasteiger partial charge in [0.25, 0.3) is 5.91 Å². The topological polar surface area (TPSA) is 56.0 Å². The Labute approximate surface area is 104 Å². The van der Waals surface area contributed by atoms with Gasteiger partial charge in [-0.05, 0) is 24.6 Å². The highest BCUT2D eigenvalue weighted by Gasteiger charge is 2.09. The van der Waals surface area contributed by atoms with Crippen molar-refractivity contribution in [1.82, 2.24) is 4.98 Å². The minimum atomic E-state index is -0.443. The first-order valence-corrected chi connectivity index (χ1v) is 5.76. The molecule has 3 aromatic rings. The maximum absolute atomic E-state index is 11.4. The van der Waals surface area contributed by atoms with E-state index in [1.807, 2.05) is 43.3 Å². The van der Waals surface area contributed by atoms with E-state index in [9.17, 15) is 4.79 Å². The Bertz CT molecular complexity index is 778. The molecule has 0 fully saturated rings. The van der Waals surface area contributed by atoms with Gasteiger partial charge in [0.2, 0.25) is 0 Å². The van der Waals surface area contributed by atoms with Crippen molar-refractivity contribution >= 4 is 27.7 Å². The summed E-state index contributed by atoms with van der Waals surface area (Å²) in [6, 6.07) is 13.5. The van der Waals surface area contributed by atoms with E-state index >= 15 is 0 Å². The third-order valence-electron chi connectivity index (χ3n) is 3.14. The van der Waals surface area contributed by atoms with Gasteiger partial charge in [-0.2, -0.15) is 0 Å². The summed E-state index contributed by atoms with van der Waals surface area (Å²) in [6.45, 7) is 2.01. The number of rotatable bonds is 1. The second kappa shape index (κ2) is 3.81. The number of amides is 1. The van der Waals surface area contributed by atoms with E-state index in [-0.39, 0.29) is 0 Å². The minimum absolute atomic E-state index is 0.443. The zero-order valence-corrected chi connectivity index (χ0v) is 9.97. The SMILES string of the molecule is Cc1cccc2cc3cccc(C(N)=O)c3nc12. The smallest absolute Gasteiger partial charge is 0.250 e. The second-order valence-electron chi connectivity index (χ2n) is 4.38. The molecule has 0 bridgehead atoms. The zero-order chi connectivity index (χ0) is 12.7. The second-order valence-corrected chi connectivity index (χ2v) is 4.38. The number of carbonyl (C=O) groups excluding carboxylic acids is 1. The Morgan fingerprint density at radius 2 is 1.72 bits per heavy atom. The Kier molecular flexibility index (Phi) is 2.27. The van der Waals surface area contributed by atoms with Crippen LogP contribution in [0.1, 0.15) is 15.9 Å². The van der Waals surface area contributed by atoms with Crippen LogP contribution in [0.4, 0.5) is 0 Å². The molecule has 0 aliphatic rings. The molecule has 2 N–H and O–H groups in total. The molecule has 0 aliphatic heterocycles. The molecule has 0 radical (unpaired) electrons.